The van der Waals surface area contributed by atoms with Crippen LogP contribution in [0.2, 0.25) is 0 Å². The molecular weight excluding hydrogens is 410 g/mol. The van der Waals surface area contributed by atoms with Crippen LogP contribution in [0.15, 0.2) is 42.5 Å². The van der Waals surface area contributed by atoms with Gasteiger partial charge < -0.3 is 10.1 Å². The molecule has 0 heterocycles. The molecule has 0 aliphatic carbocycles. The maximum absolute atomic E-state index is 12.3. The summed E-state index contributed by atoms with van der Waals surface area (Å²) in [6.45, 7) is 2.14. The van der Waals surface area contributed by atoms with Crippen LogP contribution >= 0.6 is 0 Å². The molecule has 1 amide bonds. The molecule has 0 fully saturated rings. The van der Waals surface area contributed by atoms with Crippen molar-refractivity contribution in [3.05, 3.63) is 58.1 Å². The molecule has 2 aromatic carbocycles. The number of rotatable bonds is 10. The Bertz CT molecular complexity index is 1010. The zero-order valence-electron chi connectivity index (χ0n) is 17.1. The number of carbonyl (C=O) groups is 1. The highest BCUT2D eigenvalue weighted by atomic mass is 32.2. The summed E-state index contributed by atoms with van der Waals surface area (Å²) in [5.74, 6) is -0.105. The third-order valence-corrected chi connectivity index (χ3v) is 5.66. The predicted octanol–water partition coefficient (Wildman–Crippen LogP) is 3.35. The summed E-state index contributed by atoms with van der Waals surface area (Å²) in [5, 5.41) is 13.5. The number of amides is 1. The fourth-order valence-corrected chi connectivity index (χ4v) is 3.85. The molecule has 10 heteroatoms. The summed E-state index contributed by atoms with van der Waals surface area (Å²) >= 11 is 0. The number of non-ortho nitro benzene ring substituents is 1. The second kappa shape index (κ2) is 10.1. The first-order valence-electron chi connectivity index (χ1n) is 9.34. The summed E-state index contributed by atoms with van der Waals surface area (Å²) in [4.78, 5) is 22.7. The van der Waals surface area contributed by atoms with Crippen LogP contribution in [-0.2, 0) is 21.2 Å². The Kier molecular flexibility index (Phi) is 7.76. The Morgan fingerprint density at radius 3 is 2.40 bits per heavy atom. The van der Waals surface area contributed by atoms with Gasteiger partial charge in [0.15, 0.2) is 0 Å². The molecule has 0 atom stereocenters. The molecule has 162 valence electrons. The van der Waals surface area contributed by atoms with Gasteiger partial charge in [-0.3, -0.25) is 19.2 Å². The number of methoxy groups -OCH3 is 1. The van der Waals surface area contributed by atoms with Crippen LogP contribution < -0.4 is 14.4 Å². The quantitative estimate of drug-likeness (QED) is 0.451. The van der Waals surface area contributed by atoms with Crippen molar-refractivity contribution in [2.75, 3.05) is 29.5 Å². The van der Waals surface area contributed by atoms with Crippen LogP contribution in [0.5, 0.6) is 5.75 Å². The Morgan fingerprint density at radius 1 is 1.20 bits per heavy atom. The first-order valence-corrected chi connectivity index (χ1v) is 11.2. The van der Waals surface area contributed by atoms with Crippen LogP contribution in [0.1, 0.15) is 25.3 Å². The average molecular weight is 436 g/mol. The second-order valence-electron chi connectivity index (χ2n) is 6.65. The minimum atomic E-state index is -3.51. The zero-order chi connectivity index (χ0) is 22.3. The summed E-state index contributed by atoms with van der Waals surface area (Å²) in [6.07, 6.45) is 2.27. The Labute approximate surface area is 175 Å². The number of anilines is 2. The first kappa shape index (κ1) is 23.1. The lowest BCUT2D eigenvalue weighted by Gasteiger charge is -2.22. The van der Waals surface area contributed by atoms with Crippen LogP contribution in [0.25, 0.3) is 0 Å². The summed E-state index contributed by atoms with van der Waals surface area (Å²) < 4.78 is 30.7. The Hall–Kier alpha value is -3.14. The van der Waals surface area contributed by atoms with Gasteiger partial charge in [0.2, 0.25) is 15.9 Å². The minimum absolute atomic E-state index is 0.0326. The number of benzene rings is 2. The van der Waals surface area contributed by atoms with Crippen molar-refractivity contribution in [3.63, 3.8) is 0 Å². The number of sulfonamides is 1. The minimum Gasteiger partial charge on any atom is -0.495 e. The molecule has 9 nitrogen and oxygen atoms in total. The number of nitro benzene ring substituents is 1. The van der Waals surface area contributed by atoms with E-state index < -0.39 is 20.9 Å². The van der Waals surface area contributed by atoms with E-state index >= 15 is 0 Å². The van der Waals surface area contributed by atoms with Crippen LogP contribution in [0.3, 0.4) is 0 Å². The molecule has 30 heavy (non-hydrogen) atoms. The largest absolute Gasteiger partial charge is 0.495 e. The number of aryl methyl sites for hydroxylation is 1. The predicted molar refractivity (Wildman–Crippen MR) is 116 cm³/mol. The summed E-state index contributed by atoms with van der Waals surface area (Å²) in [5.41, 5.74) is 1.64. The van der Waals surface area contributed by atoms with Gasteiger partial charge in [-0.1, -0.05) is 19.1 Å². The van der Waals surface area contributed by atoms with E-state index in [1.807, 2.05) is 19.1 Å². The molecule has 0 aliphatic rings. The maximum Gasteiger partial charge on any atom is 0.271 e. The van der Waals surface area contributed by atoms with Crippen molar-refractivity contribution in [2.45, 2.75) is 26.2 Å². The van der Waals surface area contributed by atoms with Gasteiger partial charge in [0.05, 0.1) is 29.7 Å². The van der Waals surface area contributed by atoms with Gasteiger partial charge in [-0.25, -0.2) is 8.42 Å². The smallest absolute Gasteiger partial charge is 0.271 e. The van der Waals surface area contributed by atoms with E-state index in [0.29, 0.717) is 11.4 Å². The lowest BCUT2D eigenvalue weighted by molar-refractivity contribution is -0.384. The zero-order valence-corrected chi connectivity index (χ0v) is 17.9. The van der Waals surface area contributed by atoms with Gasteiger partial charge in [0.1, 0.15) is 5.75 Å². The lowest BCUT2D eigenvalue weighted by atomic mass is 10.1. The molecule has 0 saturated carbocycles. The van der Waals surface area contributed by atoms with Crippen molar-refractivity contribution in [2.24, 2.45) is 0 Å². The normalized spacial score (nSPS) is 11.0. The van der Waals surface area contributed by atoms with E-state index in [-0.39, 0.29) is 30.8 Å². The topological polar surface area (TPSA) is 119 Å². The van der Waals surface area contributed by atoms with E-state index in [0.717, 1.165) is 18.2 Å². The van der Waals surface area contributed by atoms with Gasteiger partial charge in [-0.2, -0.15) is 0 Å². The fourth-order valence-electron chi connectivity index (χ4n) is 2.89. The highest BCUT2D eigenvalue weighted by Crippen LogP contribution is 2.29. The van der Waals surface area contributed by atoms with Gasteiger partial charge >= 0.3 is 0 Å². The van der Waals surface area contributed by atoms with Crippen molar-refractivity contribution < 1.29 is 22.9 Å². The van der Waals surface area contributed by atoms with E-state index in [4.69, 9.17) is 4.74 Å². The second-order valence-corrected chi connectivity index (χ2v) is 8.56. The number of nitrogens with one attached hydrogen (secondary N) is 1. The number of nitrogens with zero attached hydrogens (tertiary/aromatic N) is 2. The number of nitro groups is 1. The van der Waals surface area contributed by atoms with Gasteiger partial charge in [-0.05, 0) is 36.6 Å². The molecular formula is C20H25N3O6S. The van der Waals surface area contributed by atoms with Crippen molar-refractivity contribution in [1.29, 1.82) is 0 Å². The van der Waals surface area contributed by atoms with E-state index in [1.54, 1.807) is 12.1 Å². The third-order valence-electron chi connectivity index (χ3n) is 4.47. The monoisotopic (exact) mass is 435 g/mol. The van der Waals surface area contributed by atoms with Crippen LogP contribution in [0.4, 0.5) is 17.1 Å². The number of ether oxygens (including phenoxy) is 1. The lowest BCUT2D eigenvalue weighted by Crippen LogP contribution is -2.31. The summed E-state index contributed by atoms with van der Waals surface area (Å²) in [7, 11) is -2.12. The van der Waals surface area contributed by atoms with Crippen molar-refractivity contribution in [3.8, 4) is 5.75 Å². The molecule has 0 radical (unpaired) electrons. The number of hydrogen-bond donors (Lipinski definition) is 1. The molecule has 1 N–H and O–H groups in total. The fraction of sp³-hybridized carbons (Fsp3) is 0.350. The molecule has 0 bridgehead atoms. The first-order chi connectivity index (χ1) is 14.2. The Morgan fingerprint density at radius 2 is 1.87 bits per heavy atom. The Balaban J connectivity index is 2.04. The van der Waals surface area contributed by atoms with Crippen LogP contribution in [-0.4, -0.2) is 39.2 Å². The standard InChI is InChI=1S/C20H25N3O6S/c1-4-15-7-9-16(10-8-15)22(30(3,27)28)13-5-6-20(24)21-18-14-17(23(25)26)11-12-19(18)29-2/h7-12,14H,4-6,13H2,1-3H3,(H,21,24). The molecule has 2 aromatic rings. The van der Waals surface area contributed by atoms with Crippen molar-refractivity contribution in [1.82, 2.24) is 0 Å². The SMILES string of the molecule is CCc1ccc(N(CCCC(=O)Nc2cc([N+](=O)[O-])ccc2OC)S(C)(=O)=O)cc1. The third kappa shape index (κ3) is 6.18. The molecule has 0 unspecified atom stereocenters. The van der Waals surface area contributed by atoms with Gasteiger partial charge in [0, 0.05) is 25.1 Å². The summed E-state index contributed by atoms with van der Waals surface area (Å²) in [6, 6.07) is 11.1. The molecule has 0 spiro atoms. The average Bonchev–Trinajstić information content (AvgIpc) is 2.70. The number of hydrogen-bond acceptors (Lipinski definition) is 6. The molecule has 0 aromatic heterocycles. The van der Waals surface area contributed by atoms with E-state index in [1.165, 1.54) is 29.6 Å². The molecule has 0 saturated heterocycles. The molecule has 0 aliphatic heterocycles. The van der Waals surface area contributed by atoms with Crippen LogP contribution in [0, 0.1) is 10.1 Å². The van der Waals surface area contributed by atoms with Gasteiger partial charge in [-0.15, -0.1) is 0 Å². The highest BCUT2D eigenvalue weighted by molar-refractivity contribution is 7.92. The number of carbonyl (C=O) groups excluding carboxylic acids is 1. The van der Waals surface area contributed by atoms with E-state index in [2.05, 4.69) is 5.32 Å². The van der Waals surface area contributed by atoms with E-state index in [9.17, 15) is 23.3 Å². The molecule has 2 rings (SSSR count). The highest BCUT2D eigenvalue weighted by Gasteiger charge is 2.18. The van der Waals surface area contributed by atoms with Gasteiger partial charge in [0.25, 0.3) is 5.69 Å². The maximum atomic E-state index is 12.3. The van der Waals surface area contributed by atoms with Crippen molar-refractivity contribution >= 4 is 33.0 Å².